The van der Waals surface area contributed by atoms with E-state index in [0.717, 1.165) is 68.1 Å². The standard InChI is InChI=1S/C31H44N4O3/c1-20(36)38-29-28(35-27-7-5-4-6-26(27)32-33-35)19-25-23-9-8-21-18-22(34-14-16-37-17-15-34)10-12-30(21,2)24(23)11-13-31(25,29)3/h4-7,21-25,28-29H,8-19H2,1-3H3/t21-,22-,23+,24-,25-,28-,29-,30-,31-/m0/s1. The molecule has 2 heterocycles. The molecule has 0 unspecified atom stereocenters. The molecule has 5 aliphatic rings. The van der Waals surface area contributed by atoms with Crippen molar-refractivity contribution in [3.05, 3.63) is 24.3 Å². The Kier molecular flexibility index (Phi) is 6.12. The predicted octanol–water partition coefficient (Wildman–Crippen LogP) is 5.26. The fourth-order valence-electron chi connectivity index (χ4n) is 10.2. The minimum Gasteiger partial charge on any atom is -0.460 e. The molecule has 9 atom stereocenters. The van der Waals surface area contributed by atoms with E-state index in [1.807, 2.05) is 12.1 Å². The predicted molar refractivity (Wildman–Crippen MR) is 145 cm³/mol. The van der Waals surface area contributed by atoms with Crippen LogP contribution in [0.25, 0.3) is 11.0 Å². The molecule has 2 aromatic rings. The largest absolute Gasteiger partial charge is 0.460 e. The van der Waals surface area contributed by atoms with Gasteiger partial charge in [0, 0.05) is 31.5 Å². The van der Waals surface area contributed by atoms with Crippen molar-refractivity contribution < 1.29 is 14.3 Å². The first kappa shape index (κ1) is 25.0. The second kappa shape index (κ2) is 9.29. The summed E-state index contributed by atoms with van der Waals surface area (Å²) in [4.78, 5) is 15.1. The number of nitrogens with zero attached hydrogens (tertiary/aromatic N) is 4. The maximum absolute atomic E-state index is 12.4. The number of carbonyl (C=O) groups excluding carboxylic acids is 1. The number of morpholine rings is 1. The van der Waals surface area contributed by atoms with Crippen LogP contribution in [-0.2, 0) is 14.3 Å². The molecule has 7 nitrogen and oxygen atoms in total. The molecule has 38 heavy (non-hydrogen) atoms. The van der Waals surface area contributed by atoms with Crippen LogP contribution in [0.4, 0.5) is 0 Å². The fourth-order valence-corrected chi connectivity index (χ4v) is 10.2. The molecule has 206 valence electrons. The number of aromatic nitrogens is 3. The summed E-state index contributed by atoms with van der Waals surface area (Å²) in [5.41, 5.74) is 2.38. The minimum atomic E-state index is -0.175. The zero-order valence-corrected chi connectivity index (χ0v) is 23.3. The number of para-hydroxylation sites is 1. The van der Waals surface area contributed by atoms with Gasteiger partial charge in [0.15, 0.2) is 0 Å². The maximum Gasteiger partial charge on any atom is 0.302 e. The third-order valence-corrected chi connectivity index (χ3v) is 12.1. The number of benzene rings is 1. The molecule has 0 spiro atoms. The van der Waals surface area contributed by atoms with E-state index in [1.54, 1.807) is 6.92 Å². The Balaban J connectivity index is 1.17. The van der Waals surface area contributed by atoms with E-state index < -0.39 is 0 Å². The highest BCUT2D eigenvalue weighted by atomic mass is 16.5. The zero-order chi connectivity index (χ0) is 26.1. The quantitative estimate of drug-likeness (QED) is 0.515. The summed E-state index contributed by atoms with van der Waals surface area (Å²) in [6.45, 7) is 10.6. The molecule has 4 aliphatic carbocycles. The normalized spacial score (nSPS) is 43.3. The Bertz CT molecular complexity index is 1190. The van der Waals surface area contributed by atoms with Crippen LogP contribution in [0.2, 0.25) is 0 Å². The molecular formula is C31H44N4O3. The molecule has 4 saturated carbocycles. The van der Waals surface area contributed by atoms with E-state index >= 15 is 0 Å². The van der Waals surface area contributed by atoms with Gasteiger partial charge in [-0.3, -0.25) is 9.69 Å². The van der Waals surface area contributed by atoms with Gasteiger partial charge < -0.3 is 9.47 Å². The van der Waals surface area contributed by atoms with Gasteiger partial charge in [0.05, 0.1) is 24.8 Å². The number of rotatable bonds is 3. The second-order valence-electron chi connectivity index (χ2n) is 13.6. The highest BCUT2D eigenvalue weighted by Gasteiger charge is 2.64. The van der Waals surface area contributed by atoms with Crippen molar-refractivity contribution in [3.8, 4) is 0 Å². The van der Waals surface area contributed by atoms with Crippen LogP contribution < -0.4 is 0 Å². The van der Waals surface area contributed by atoms with Crippen LogP contribution in [0.5, 0.6) is 0 Å². The lowest BCUT2D eigenvalue weighted by atomic mass is 9.45. The molecule has 1 aliphatic heterocycles. The maximum atomic E-state index is 12.4. The molecule has 0 radical (unpaired) electrons. The number of esters is 1. The van der Waals surface area contributed by atoms with E-state index in [9.17, 15) is 4.79 Å². The van der Waals surface area contributed by atoms with Crippen LogP contribution >= 0.6 is 0 Å². The Morgan fingerprint density at radius 3 is 2.61 bits per heavy atom. The highest BCUT2D eigenvalue weighted by molar-refractivity contribution is 5.74. The molecule has 7 rings (SSSR count). The fraction of sp³-hybridized carbons (Fsp3) is 0.774. The van der Waals surface area contributed by atoms with E-state index in [1.165, 1.54) is 38.5 Å². The van der Waals surface area contributed by atoms with Gasteiger partial charge in [0.1, 0.15) is 11.6 Å². The Hall–Kier alpha value is -1.99. The Morgan fingerprint density at radius 2 is 1.79 bits per heavy atom. The van der Waals surface area contributed by atoms with Crippen LogP contribution in [0, 0.1) is 34.5 Å². The van der Waals surface area contributed by atoms with Crippen molar-refractivity contribution in [3.63, 3.8) is 0 Å². The monoisotopic (exact) mass is 520 g/mol. The summed E-state index contributed by atoms with van der Waals surface area (Å²) in [5.74, 6) is 2.68. The summed E-state index contributed by atoms with van der Waals surface area (Å²) < 4.78 is 14.0. The number of hydrogen-bond acceptors (Lipinski definition) is 6. The molecule has 0 N–H and O–H groups in total. The SMILES string of the molecule is CC(=O)O[C@H]1[C@@H](n2nnc3ccccc32)C[C@H]2[C@@H]3CC[C@H]4C[C@@H](N5CCOCC5)CC[C@]4(C)[C@H]3CC[C@@]21C. The molecule has 1 aromatic heterocycles. The van der Waals surface area contributed by atoms with Crippen molar-refractivity contribution in [2.75, 3.05) is 26.3 Å². The number of carbonyl (C=O) groups is 1. The van der Waals surface area contributed by atoms with Gasteiger partial charge in [-0.05, 0) is 92.6 Å². The van der Waals surface area contributed by atoms with Crippen LogP contribution in [-0.4, -0.2) is 64.3 Å². The molecular weight excluding hydrogens is 476 g/mol. The topological polar surface area (TPSA) is 69.5 Å². The van der Waals surface area contributed by atoms with Gasteiger partial charge in [-0.25, -0.2) is 4.68 Å². The van der Waals surface area contributed by atoms with E-state index in [-0.39, 0.29) is 23.5 Å². The molecule has 1 saturated heterocycles. The average Bonchev–Trinajstić information content (AvgIpc) is 3.47. The highest BCUT2D eigenvalue weighted by Crippen LogP contribution is 2.68. The van der Waals surface area contributed by atoms with Gasteiger partial charge >= 0.3 is 5.97 Å². The molecule has 5 fully saturated rings. The summed E-state index contributed by atoms with van der Waals surface area (Å²) in [7, 11) is 0. The molecule has 7 heteroatoms. The van der Waals surface area contributed by atoms with E-state index in [2.05, 4.69) is 45.9 Å². The first-order valence-electron chi connectivity index (χ1n) is 15.2. The first-order chi connectivity index (χ1) is 18.4. The average molecular weight is 521 g/mol. The van der Waals surface area contributed by atoms with Crippen LogP contribution in [0.15, 0.2) is 24.3 Å². The van der Waals surface area contributed by atoms with Gasteiger partial charge in [-0.15, -0.1) is 5.10 Å². The smallest absolute Gasteiger partial charge is 0.302 e. The summed E-state index contributed by atoms with van der Waals surface area (Å²) in [6.07, 6.45) is 9.99. The van der Waals surface area contributed by atoms with Crippen molar-refractivity contribution in [2.24, 2.45) is 34.5 Å². The number of ether oxygens (including phenoxy) is 2. The van der Waals surface area contributed by atoms with Gasteiger partial charge in [-0.2, -0.15) is 0 Å². The lowest BCUT2D eigenvalue weighted by Gasteiger charge is -2.61. The summed E-state index contributed by atoms with van der Waals surface area (Å²) in [6, 6.07) is 8.98. The summed E-state index contributed by atoms with van der Waals surface area (Å²) >= 11 is 0. The van der Waals surface area contributed by atoms with E-state index in [0.29, 0.717) is 17.3 Å². The van der Waals surface area contributed by atoms with Crippen molar-refractivity contribution in [1.29, 1.82) is 0 Å². The third-order valence-electron chi connectivity index (χ3n) is 12.1. The first-order valence-corrected chi connectivity index (χ1v) is 15.2. The Labute approximate surface area is 226 Å². The second-order valence-corrected chi connectivity index (χ2v) is 13.6. The number of fused-ring (bicyclic) bond motifs is 6. The van der Waals surface area contributed by atoms with Crippen molar-refractivity contribution in [1.82, 2.24) is 19.9 Å². The molecule has 0 amide bonds. The van der Waals surface area contributed by atoms with Gasteiger partial charge in [0.2, 0.25) is 0 Å². The molecule has 0 bridgehead atoms. The van der Waals surface area contributed by atoms with E-state index in [4.69, 9.17) is 9.47 Å². The third kappa shape index (κ3) is 3.78. The van der Waals surface area contributed by atoms with Crippen molar-refractivity contribution in [2.45, 2.75) is 90.3 Å². The minimum absolute atomic E-state index is 0.0151. The van der Waals surface area contributed by atoms with Gasteiger partial charge in [0.25, 0.3) is 0 Å². The lowest BCUT2D eigenvalue weighted by molar-refractivity contribution is -0.165. The number of hydrogen-bond donors (Lipinski definition) is 0. The molecule has 1 aromatic carbocycles. The zero-order valence-electron chi connectivity index (χ0n) is 23.3. The van der Waals surface area contributed by atoms with Crippen LogP contribution in [0.1, 0.15) is 78.2 Å². The van der Waals surface area contributed by atoms with Crippen molar-refractivity contribution >= 4 is 17.0 Å². The summed E-state index contributed by atoms with van der Waals surface area (Å²) in [5, 5.41) is 9.09. The lowest BCUT2D eigenvalue weighted by Crippen LogP contribution is -2.56. The van der Waals surface area contributed by atoms with Gasteiger partial charge in [-0.1, -0.05) is 31.2 Å². The Morgan fingerprint density at radius 1 is 1.00 bits per heavy atom. The van der Waals surface area contributed by atoms with Crippen LogP contribution in [0.3, 0.4) is 0 Å².